The zero-order valence-electron chi connectivity index (χ0n) is 5.35. The second kappa shape index (κ2) is 3.35. The Bertz CT molecular complexity index is 117. The van der Waals surface area contributed by atoms with E-state index in [0.29, 0.717) is 12.8 Å². The summed E-state index contributed by atoms with van der Waals surface area (Å²) in [5, 5.41) is 0. The van der Waals surface area contributed by atoms with Gasteiger partial charge in [0.05, 0.1) is 6.42 Å². The lowest BCUT2D eigenvalue weighted by Gasteiger charge is -2.04. The number of carbonyl (C=O) groups excluding carboxylic acids is 2. The van der Waals surface area contributed by atoms with Crippen LogP contribution < -0.4 is 6.15 Å². The molecule has 9 heavy (non-hydrogen) atoms. The molecule has 0 atom stereocenters. The van der Waals surface area contributed by atoms with Gasteiger partial charge < -0.3 is 6.15 Å². The molecule has 1 saturated carbocycles. The van der Waals surface area contributed by atoms with Crippen LogP contribution in [0.15, 0.2) is 0 Å². The lowest BCUT2D eigenvalue weighted by Crippen LogP contribution is -2.13. The third-order valence-electron chi connectivity index (χ3n) is 1.31. The molecule has 0 saturated heterocycles. The minimum Gasteiger partial charge on any atom is -0.344 e. The molecule has 0 bridgehead atoms. The maximum Gasteiger partial charge on any atom is 0.140 e. The molecule has 0 aliphatic heterocycles. The van der Waals surface area contributed by atoms with Gasteiger partial charge in [-0.2, -0.15) is 0 Å². The standard InChI is InChI=1S/C6H8O2.H3N/c7-5-2-1-3-6(8)4-5;/h1-4H2;1H3. The maximum atomic E-state index is 10.5. The lowest BCUT2D eigenvalue weighted by molar-refractivity contribution is -0.129. The molecule has 0 spiro atoms. The van der Waals surface area contributed by atoms with Gasteiger partial charge in [-0.15, -0.1) is 0 Å². The van der Waals surface area contributed by atoms with Crippen LogP contribution in [0.25, 0.3) is 0 Å². The van der Waals surface area contributed by atoms with Gasteiger partial charge in [-0.3, -0.25) is 9.59 Å². The quantitative estimate of drug-likeness (QED) is 0.493. The van der Waals surface area contributed by atoms with Crippen molar-refractivity contribution in [1.29, 1.82) is 0 Å². The second-order valence-corrected chi connectivity index (χ2v) is 2.11. The van der Waals surface area contributed by atoms with Crippen LogP contribution in [0.1, 0.15) is 25.7 Å². The average Bonchev–Trinajstić information content (AvgIpc) is 1.64. The van der Waals surface area contributed by atoms with Crippen molar-refractivity contribution in [3.63, 3.8) is 0 Å². The van der Waals surface area contributed by atoms with Crippen molar-refractivity contribution in [2.24, 2.45) is 0 Å². The Morgan fingerprint density at radius 2 is 1.44 bits per heavy atom. The largest absolute Gasteiger partial charge is 0.344 e. The van der Waals surface area contributed by atoms with Crippen LogP contribution in [-0.2, 0) is 9.59 Å². The molecule has 52 valence electrons. The van der Waals surface area contributed by atoms with E-state index in [2.05, 4.69) is 0 Å². The van der Waals surface area contributed by atoms with E-state index in [0.717, 1.165) is 6.42 Å². The summed E-state index contributed by atoms with van der Waals surface area (Å²) in [5.74, 6) is 0.225. The molecule has 1 aliphatic rings. The van der Waals surface area contributed by atoms with E-state index < -0.39 is 0 Å². The molecule has 3 heteroatoms. The van der Waals surface area contributed by atoms with E-state index in [1.807, 2.05) is 0 Å². The summed E-state index contributed by atoms with van der Waals surface area (Å²) in [6.45, 7) is 0. The summed E-state index contributed by atoms with van der Waals surface area (Å²) in [6, 6.07) is 0. The Balaban J connectivity index is 0.000000640. The fourth-order valence-electron chi connectivity index (χ4n) is 0.879. The molecule has 0 aromatic rings. The van der Waals surface area contributed by atoms with Crippen LogP contribution >= 0.6 is 0 Å². The third kappa shape index (κ3) is 2.37. The van der Waals surface area contributed by atoms with Crippen molar-refractivity contribution < 1.29 is 9.59 Å². The van der Waals surface area contributed by atoms with Crippen LogP contribution in [0.2, 0.25) is 0 Å². The van der Waals surface area contributed by atoms with Gasteiger partial charge in [0.2, 0.25) is 0 Å². The molecule has 0 aromatic carbocycles. The minimum absolute atomic E-state index is 0. The number of rotatable bonds is 0. The fourth-order valence-corrected chi connectivity index (χ4v) is 0.879. The highest BCUT2D eigenvalue weighted by Crippen LogP contribution is 2.09. The summed E-state index contributed by atoms with van der Waals surface area (Å²) in [4.78, 5) is 20.9. The van der Waals surface area contributed by atoms with Crippen LogP contribution in [0.3, 0.4) is 0 Å². The normalized spacial score (nSPS) is 19.1. The molecule has 0 heterocycles. The first-order valence-electron chi connectivity index (χ1n) is 2.82. The molecular formula is C6H11NO2. The SMILES string of the molecule is N.O=C1CCCC(=O)C1. The number of hydrogen-bond donors (Lipinski definition) is 1. The van der Waals surface area contributed by atoms with Crippen molar-refractivity contribution >= 4 is 11.6 Å². The van der Waals surface area contributed by atoms with Crippen LogP contribution in [0, 0.1) is 0 Å². The molecule has 3 N–H and O–H groups in total. The van der Waals surface area contributed by atoms with E-state index >= 15 is 0 Å². The smallest absolute Gasteiger partial charge is 0.140 e. The highest BCUT2D eigenvalue weighted by Gasteiger charge is 2.14. The monoisotopic (exact) mass is 129 g/mol. The fraction of sp³-hybridized carbons (Fsp3) is 0.667. The third-order valence-corrected chi connectivity index (χ3v) is 1.31. The molecule has 0 unspecified atom stereocenters. The van der Waals surface area contributed by atoms with Gasteiger partial charge in [-0.25, -0.2) is 0 Å². The molecule has 3 nitrogen and oxygen atoms in total. The van der Waals surface area contributed by atoms with E-state index in [9.17, 15) is 9.59 Å². The van der Waals surface area contributed by atoms with Gasteiger partial charge >= 0.3 is 0 Å². The van der Waals surface area contributed by atoms with Gasteiger partial charge in [0.25, 0.3) is 0 Å². The van der Waals surface area contributed by atoms with Crippen molar-refractivity contribution in [2.75, 3.05) is 0 Å². The zero-order valence-corrected chi connectivity index (χ0v) is 5.35. The predicted molar refractivity (Wildman–Crippen MR) is 33.5 cm³/mol. The Labute approximate surface area is 54.0 Å². The highest BCUT2D eigenvalue weighted by molar-refractivity contribution is 6.01. The molecule has 1 aliphatic carbocycles. The number of carbonyl (C=O) groups is 2. The van der Waals surface area contributed by atoms with Crippen LogP contribution in [0.4, 0.5) is 0 Å². The summed E-state index contributed by atoms with van der Waals surface area (Å²) in [7, 11) is 0. The van der Waals surface area contributed by atoms with E-state index in [-0.39, 0.29) is 24.1 Å². The molecule has 0 aromatic heterocycles. The predicted octanol–water partition coefficient (Wildman–Crippen LogP) is 0.861. The lowest BCUT2D eigenvalue weighted by atomic mass is 9.98. The molecule has 0 radical (unpaired) electrons. The van der Waals surface area contributed by atoms with Crippen LogP contribution in [0.5, 0.6) is 0 Å². The average molecular weight is 129 g/mol. The van der Waals surface area contributed by atoms with Gasteiger partial charge in [0.1, 0.15) is 11.6 Å². The molecular weight excluding hydrogens is 118 g/mol. The van der Waals surface area contributed by atoms with Crippen molar-refractivity contribution in [1.82, 2.24) is 6.15 Å². The van der Waals surface area contributed by atoms with E-state index in [1.165, 1.54) is 0 Å². The van der Waals surface area contributed by atoms with Gasteiger partial charge in [0.15, 0.2) is 0 Å². The van der Waals surface area contributed by atoms with E-state index in [4.69, 9.17) is 0 Å². The van der Waals surface area contributed by atoms with Crippen molar-refractivity contribution in [3.8, 4) is 0 Å². The summed E-state index contributed by atoms with van der Waals surface area (Å²) in [6.07, 6.45) is 2.20. The first-order valence-corrected chi connectivity index (χ1v) is 2.82. The maximum absolute atomic E-state index is 10.5. The van der Waals surface area contributed by atoms with Gasteiger partial charge in [0, 0.05) is 12.8 Å². The number of hydrogen-bond acceptors (Lipinski definition) is 3. The van der Waals surface area contributed by atoms with Crippen molar-refractivity contribution in [2.45, 2.75) is 25.7 Å². The summed E-state index contributed by atoms with van der Waals surface area (Å²) in [5.41, 5.74) is 0. The Hall–Kier alpha value is -0.700. The van der Waals surface area contributed by atoms with Crippen molar-refractivity contribution in [3.05, 3.63) is 0 Å². The number of Topliss-reactive ketones (excluding diaryl/α,β-unsaturated/α-hetero) is 2. The zero-order chi connectivity index (χ0) is 5.98. The highest BCUT2D eigenvalue weighted by atomic mass is 16.1. The Kier molecular flexibility index (Phi) is 3.09. The first-order chi connectivity index (χ1) is 3.79. The topological polar surface area (TPSA) is 69.1 Å². The van der Waals surface area contributed by atoms with Crippen LogP contribution in [-0.4, -0.2) is 11.6 Å². The van der Waals surface area contributed by atoms with E-state index in [1.54, 1.807) is 0 Å². The molecule has 1 rings (SSSR count). The first kappa shape index (κ1) is 8.30. The van der Waals surface area contributed by atoms with Gasteiger partial charge in [-0.1, -0.05) is 0 Å². The number of ketones is 2. The molecule has 1 fully saturated rings. The second-order valence-electron chi connectivity index (χ2n) is 2.11. The summed E-state index contributed by atoms with van der Waals surface area (Å²) >= 11 is 0. The Morgan fingerprint density at radius 3 is 1.67 bits per heavy atom. The molecule has 0 amide bonds. The van der Waals surface area contributed by atoms with Gasteiger partial charge in [-0.05, 0) is 6.42 Å². The minimum atomic E-state index is 0. The Morgan fingerprint density at radius 1 is 1.00 bits per heavy atom. The summed E-state index contributed by atoms with van der Waals surface area (Å²) < 4.78 is 0.